The third kappa shape index (κ3) is 5.19. The average Bonchev–Trinajstić information content (AvgIpc) is 2.96. The molecule has 0 aliphatic heterocycles. The number of pyridine rings is 1. The number of fused-ring (bicyclic) bond motifs is 1. The number of nitrogens with one attached hydrogen (secondary N) is 2. The van der Waals surface area contributed by atoms with E-state index < -0.39 is 40.8 Å². The van der Waals surface area contributed by atoms with Crippen molar-refractivity contribution < 1.29 is 18.0 Å². The summed E-state index contributed by atoms with van der Waals surface area (Å²) in [6.45, 7) is -0.817. The van der Waals surface area contributed by atoms with Crippen LogP contribution in [0.1, 0.15) is 21.5 Å². The number of H-pyrrole nitrogens is 1. The third-order valence-corrected chi connectivity index (χ3v) is 6.93. The fraction of sp³-hybridized carbons (Fsp3) is 0.103. The van der Waals surface area contributed by atoms with E-state index in [9.17, 15) is 32.3 Å². The van der Waals surface area contributed by atoms with Gasteiger partial charge in [0.15, 0.2) is 17.5 Å². The van der Waals surface area contributed by atoms with Gasteiger partial charge in [-0.05, 0) is 59.7 Å². The minimum absolute atomic E-state index is 0.0577. The van der Waals surface area contributed by atoms with Crippen molar-refractivity contribution in [1.29, 1.82) is 0 Å². The Hall–Kier alpha value is -4.90. The number of rotatable bonds is 6. The maximum absolute atomic E-state index is 14.1. The van der Waals surface area contributed by atoms with Gasteiger partial charge in [0.2, 0.25) is 0 Å². The number of carbonyl (C=O) groups excluding carboxylic acids is 1. The lowest BCUT2D eigenvalue weighted by Gasteiger charge is -2.16. The van der Waals surface area contributed by atoms with Gasteiger partial charge in [-0.2, -0.15) is 0 Å². The second kappa shape index (κ2) is 10.9. The number of amides is 1. The smallest absolute Gasteiger partial charge is 0.332 e. The van der Waals surface area contributed by atoms with E-state index in [1.165, 1.54) is 49.6 Å². The molecule has 0 spiro atoms. The Morgan fingerprint density at radius 1 is 0.927 bits per heavy atom. The number of hydrogen-bond acceptors (Lipinski definition) is 4. The van der Waals surface area contributed by atoms with Gasteiger partial charge in [-0.3, -0.25) is 23.5 Å². The second-order valence-electron chi connectivity index (χ2n) is 9.16. The zero-order valence-corrected chi connectivity index (χ0v) is 22.1. The van der Waals surface area contributed by atoms with Crippen LogP contribution in [0.3, 0.4) is 0 Å². The molecule has 0 saturated carbocycles. The normalized spacial score (nSPS) is 11.1. The van der Waals surface area contributed by atoms with E-state index >= 15 is 0 Å². The van der Waals surface area contributed by atoms with Crippen LogP contribution in [-0.2, 0) is 13.1 Å². The fourth-order valence-corrected chi connectivity index (χ4v) is 4.77. The Labute approximate surface area is 234 Å². The molecule has 0 radical (unpaired) electrons. The monoisotopic (exact) mass is 580 g/mol. The Balaban J connectivity index is 1.77. The number of benzene rings is 3. The Bertz CT molecular complexity index is 2010. The number of hydrogen-bond donors (Lipinski definition) is 2. The molecular formula is C29H20ClF3N4O4. The van der Waals surface area contributed by atoms with Crippen LogP contribution in [0.25, 0.3) is 22.0 Å². The summed E-state index contributed by atoms with van der Waals surface area (Å²) in [5, 5.41) is 2.86. The quantitative estimate of drug-likeness (QED) is 0.296. The van der Waals surface area contributed by atoms with E-state index in [1.54, 1.807) is 12.1 Å². The van der Waals surface area contributed by atoms with Crippen molar-refractivity contribution in [2.75, 3.05) is 7.05 Å². The Morgan fingerprint density at radius 2 is 1.66 bits per heavy atom. The molecule has 2 heterocycles. The van der Waals surface area contributed by atoms with Crippen molar-refractivity contribution >= 4 is 28.4 Å². The van der Waals surface area contributed by atoms with Crippen LogP contribution in [0.15, 0.2) is 81.2 Å². The standard InChI is InChI=1S/C29H20ClF3N4O4/c1-34-26(38)17-5-7-21(30)20(11-17)16-4-6-19-24(12-16)36(13-15-9-22(31)25(33)23(32)10-15)29(41)37(28(19)40)14-18-3-2-8-35-27(18)39/h2-12H,13-14H2,1H3,(H,34,38)(H,35,39). The zero-order chi connectivity index (χ0) is 29.4. The molecule has 0 aliphatic carbocycles. The first-order chi connectivity index (χ1) is 19.6. The number of aromatic nitrogens is 3. The van der Waals surface area contributed by atoms with E-state index in [1.807, 2.05) is 0 Å². The SMILES string of the molecule is CNC(=O)c1ccc(Cl)c(-c2ccc3c(=O)n(Cc4ccc[nH]c4=O)c(=O)n(Cc4cc(F)c(F)c(F)c4)c3c2)c1. The molecule has 12 heteroatoms. The van der Waals surface area contributed by atoms with E-state index in [0.717, 1.165) is 21.3 Å². The van der Waals surface area contributed by atoms with Crippen molar-refractivity contribution in [2.24, 2.45) is 0 Å². The minimum atomic E-state index is -1.66. The van der Waals surface area contributed by atoms with Gasteiger partial charge in [-0.25, -0.2) is 18.0 Å². The highest BCUT2D eigenvalue weighted by Gasteiger charge is 2.19. The first-order valence-corrected chi connectivity index (χ1v) is 12.6. The van der Waals surface area contributed by atoms with Gasteiger partial charge in [0.25, 0.3) is 17.0 Å². The van der Waals surface area contributed by atoms with E-state index in [4.69, 9.17) is 11.6 Å². The molecule has 0 fully saturated rings. The highest BCUT2D eigenvalue weighted by Crippen LogP contribution is 2.31. The first kappa shape index (κ1) is 27.7. The van der Waals surface area contributed by atoms with Crippen LogP contribution in [0, 0.1) is 17.5 Å². The lowest BCUT2D eigenvalue weighted by atomic mass is 10.0. The number of aromatic amines is 1. The number of nitrogens with zero attached hydrogens (tertiary/aromatic N) is 2. The average molecular weight is 581 g/mol. The van der Waals surface area contributed by atoms with Crippen LogP contribution in [-0.4, -0.2) is 27.1 Å². The molecular weight excluding hydrogens is 561 g/mol. The first-order valence-electron chi connectivity index (χ1n) is 12.2. The summed E-state index contributed by atoms with van der Waals surface area (Å²) in [5.74, 6) is -4.91. The molecule has 0 atom stereocenters. The van der Waals surface area contributed by atoms with Crippen molar-refractivity contribution in [3.05, 3.63) is 137 Å². The summed E-state index contributed by atoms with van der Waals surface area (Å²) in [7, 11) is 1.47. The topological polar surface area (TPSA) is 106 Å². The summed E-state index contributed by atoms with van der Waals surface area (Å²) in [5.41, 5.74) is -0.789. The molecule has 3 aromatic carbocycles. The predicted molar refractivity (Wildman–Crippen MR) is 148 cm³/mol. The lowest BCUT2D eigenvalue weighted by Crippen LogP contribution is -2.41. The summed E-state index contributed by atoms with van der Waals surface area (Å²) in [6.07, 6.45) is 1.40. The molecule has 2 aromatic heterocycles. The second-order valence-corrected chi connectivity index (χ2v) is 9.57. The summed E-state index contributed by atoms with van der Waals surface area (Å²) < 4.78 is 43.7. The molecule has 0 saturated heterocycles. The zero-order valence-electron chi connectivity index (χ0n) is 21.3. The molecule has 0 aliphatic rings. The molecule has 8 nitrogen and oxygen atoms in total. The van der Waals surface area contributed by atoms with Crippen LogP contribution in [0.5, 0.6) is 0 Å². The third-order valence-electron chi connectivity index (χ3n) is 6.60. The van der Waals surface area contributed by atoms with Gasteiger partial charge < -0.3 is 10.3 Å². The van der Waals surface area contributed by atoms with E-state index in [0.29, 0.717) is 16.7 Å². The van der Waals surface area contributed by atoms with Crippen molar-refractivity contribution in [1.82, 2.24) is 19.4 Å². The minimum Gasteiger partial charge on any atom is -0.355 e. The highest BCUT2D eigenvalue weighted by atomic mass is 35.5. The van der Waals surface area contributed by atoms with Gasteiger partial charge in [-0.1, -0.05) is 23.7 Å². The highest BCUT2D eigenvalue weighted by molar-refractivity contribution is 6.33. The van der Waals surface area contributed by atoms with Gasteiger partial charge >= 0.3 is 5.69 Å². The molecule has 2 N–H and O–H groups in total. The fourth-order valence-electron chi connectivity index (χ4n) is 4.54. The van der Waals surface area contributed by atoms with Crippen LogP contribution in [0.2, 0.25) is 5.02 Å². The maximum Gasteiger partial charge on any atom is 0.332 e. The molecule has 208 valence electrons. The Morgan fingerprint density at radius 3 is 2.34 bits per heavy atom. The summed E-state index contributed by atoms with van der Waals surface area (Å²) >= 11 is 6.42. The van der Waals surface area contributed by atoms with Gasteiger partial charge in [0, 0.05) is 35.0 Å². The van der Waals surface area contributed by atoms with Crippen LogP contribution < -0.4 is 22.1 Å². The van der Waals surface area contributed by atoms with Crippen LogP contribution in [0.4, 0.5) is 13.2 Å². The molecule has 0 unspecified atom stereocenters. The molecule has 0 bridgehead atoms. The van der Waals surface area contributed by atoms with Gasteiger partial charge in [-0.15, -0.1) is 0 Å². The summed E-state index contributed by atoms with van der Waals surface area (Å²) in [4.78, 5) is 54.2. The van der Waals surface area contributed by atoms with E-state index in [2.05, 4.69) is 10.3 Å². The van der Waals surface area contributed by atoms with Crippen LogP contribution >= 0.6 is 11.6 Å². The van der Waals surface area contributed by atoms with Gasteiger partial charge in [0.05, 0.1) is 24.0 Å². The Kier molecular flexibility index (Phi) is 7.38. The molecule has 5 rings (SSSR count). The predicted octanol–water partition coefficient (Wildman–Crippen LogP) is 4.05. The van der Waals surface area contributed by atoms with Crippen molar-refractivity contribution in [3.63, 3.8) is 0 Å². The number of carbonyl (C=O) groups is 1. The molecule has 41 heavy (non-hydrogen) atoms. The van der Waals surface area contributed by atoms with Crippen molar-refractivity contribution in [2.45, 2.75) is 13.1 Å². The van der Waals surface area contributed by atoms with Crippen molar-refractivity contribution in [3.8, 4) is 11.1 Å². The maximum atomic E-state index is 14.1. The molecule has 5 aromatic rings. The largest absolute Gasteiger partial charge is 0.355 e. The molecule has 1 amide bonds. The summed E-state index contributed by atoms with van der Waals surface area (Å²) in [6, 6.07) is 13.6. The van der Waals surface area contributed by atoms with Gasteiger partial charge in [0.1, 0.15) is 0 Å². The number of halogens is 4. The van der Waals surface area contributed by atoms with E-state index in [-0.39, 0.29) is 39.5 Å². The lowest BCUT2D eigenvalue weighted by molar-refractivity contribution is 0.0963.